The van der Waals surface area contributed by atoms with Crippen LogP contribution in [0.2, 0.25) is 0 Å². The van der Waals surface area contributed by atoms with Crippen LogP contribution in [0.4, 0.5) is 15.9 Å². The Kier molecular flexibility index (Phi) is 7.71. The first kappa shape index (κ1) is 27.0. The summed E-state index contributed by atoms with van der Waals surface area (Å²) in [6, 6.07) is 23.1. The van der Waals surface area contributed by atoms with Crippen molar-refractivity contribution in [2.24, 2.45) is 0 Å². The van der Waals surface area contributed by atoms with E-state index in [1.54, 1.807) is 12.4 Å². The van der Waals surface area contributed by atoms with E-state index in [1.807, 2.05) is 65.1 Å². The van der Waals surface area contributed by atoms with Crippen molar-refractivity contribution in [1.29, 1.82) is 0 Å². The molecular formula is C32H31FN6OS. The molecule has 0 spiro atoms. The van der Waals surface area contributed by atoms with Crippen molar-refractivity contribution >= 4 is 45.1 Å². The van der Waals surface area contributed by atoms with Gasteiger partial charge >= 0.3 is 0 Å². The van der Waals surface area contributed by atoms with Gasteiger partial charge in [0, 0.05) is 27.8 Å². The largest absolute Gasteiger partial charge is 0.459 e. The van der Waals surface area contributed by atoms with Gasteiger partial charge in [-0.3, -0.25) is 9.58 Å². The van der Waals surface area contributed by atoms with E-state index in [4.69, 9.17) is 4.42 Å². The molecular weight excluding hydrogens is 535 g/mol. The highest BCUT2D eigenvalue weighted by molar-refractivity contribution is 7.98. The number of aromatic nitrogens is 4. The molecule has 0 amide bonds. The lowest BCUT2D eigenvalue weighted by Crippen LogP contribution is -2.25. The Morgan fingerprint density at radius 3 is 2.78 bits per heavy atom. The van der Waals surface area contributed by atoms with Crippen molar-refractivity contribution in [3.8, 4) is 11.3 Å². The van der Waals surface area contributed by atoms with Crippen LogP contribution >= 0.6 is 11.8 Å². The zero-order valence-electron chi connectivity index (χ0n) is 23.2. The molecule has 0 saturated carbocycles. The second kappa shape index (κ2) is 11.7. The third kappa shape index (κ3) is 5.68. The number of nitrogens with one attached hydrogen (secondary N) is 1. The lowest BCUT2D eigenvalue weighted by molar-refractivity contribution is 0.248. The quantitative estimate of drug-likeness (QED) is 0.184. The number of hydrogen-bond acceptors (Lipinski definition) is 7. The summed E-state index contributed by atoms with van der Waals surface area (Å²) in [5, 5.41) is 9.88. The summed E-state index contributed by atoms with van der Waals surface area (Å²) in [5.74, 6) is 3.21. The third-order valence-electron chi connectivity index (χ3n) is 7.36. The van der Waals surface area contributed by atoms with Crippen molar-refractivity contribution in [2.75, 3.05) is 30.9 Å². The highest BCUT2D eigenvalue weighted by Crippen LogP contribution is 2.33. The van der Waals surface area contributed by atoms with E-state index in [0.717, 1.165) is 62.4 Å². The Bertz CT molecular complexity index is 1820. The Hall–Kier alpha value is -4.21. The molecule has 3 aromatic heterocycles. The third-order valence-corrected chi connectivity index (χ3v) is 8.01. The molecule has 3 heterocycles. The number of hydrogen-bond donors (Lipinski definition) is 1. The standard InChI is InChI=1S/C32H31FN6OS/c1-4-38(2)29(19-41-3)31-13-12-30(40-31)22-8-10-27-26(16-22)32(35-20-34-27)37-25-9-11-28-23(15-25)17-36-39(28)18-21-6-5-7-24(33)14-21/h5-17,20,29H,4,18-19H2,1-3H3,(H,34,35,37). The number of fused-ring (bicyclic) bond motifs is 2. The Labute approximate surface area is 242 Å². The van der Waals surface area contributed by atoms with Crippen LogP contribution < -0.4 is 5.32 Å². The van der Waals surface area contributed by atoms with Gasteiger partial charge in [0.15, 0.2) is 0 Å². The minimum absolute atomic E-state index is 0.220. The number of anilines is 2. The monoisotopic (exact) mass is 566 g/mol. The van der Waals surface area contributed by atoms with Crippen molar-refractivity contribution < 1.29 is 8.81 Å². The van der Waals surface area contributed by atoms with Crippen LogP contribution in [-0.4, -0.2) is 50.2 Å². The van der Waals surface area contributed by atoms with Gasteiger partial charge in [0.1, 0.15) is 29.5 Å². The summed E-state index contributed by atoms with van der Waals surface area (Å²) in [7, 11) is 2.13. The average Bonchev–Trinajstić information content (AvgIpc) is 3.63. The minimum Gasteiger partial charge on any atom is -0.459 e. The van der Waals surface area contributed by atoms with Gasteiger partial charge in [-0.15, -0.1) is 0 Å². The molecule has 9 heteroatoms. The molecule has 0 aliphatic heterocycles. The second-order valence-corrected chi connectivity index (χ2v) is 10.9. The molecule has 0 aliphatic carbocycles. The van der Waals surface area contributed by atoms with Crippen molar-refractivity contribution in [1.82, 2.24) is 24.6 Å². The lowest BCUT2D eigenvalue weighted by Gasteiger charge is -2.24. The fraction of sp³-hybridized carbons (Fsp3) is 0.219. The normalized spacial score (nSPS) is 12.4. The van der Waals surface area contributed by atoms with Gasteiger partial charge in [-0.05, 0) is 86.1 Å². The van der Waals surface area contributed by atoms with Gasteiger partial charge < -0.3 is 9.73 Å². The number of nitrogens with zero attached hydrogens (tertiary/aromatic N) is 5. The molecule has 6 rings (SSSR count). The fourth-order valence-corrected chi connectivity index (χ4v) is 5.77. The minimum atomic E-state index is -0.248. The van der Waals surface area contributed by atoms with Gasteiger partial charge in [-0.1, -0.05) is 19.1 Å². The summed E-state index contributed by atoms with van der Waals surface area (Å²) in [4.78, 5) is 11.3. The highest BCUT2D eigenvalue weighted by atomic mass is 32.2. The molecule has 1 unspecified atom stereocenters. The van der Waals surface area contributed by atoms with Crippen molar-refractivity contribution in [3.05, 3.63) is 102 Å². The average molecular weight is 567 g/mol. The Morgan fingerprint density at radius 2 is 1.95 bits per heavy atom. The van der Waals surface area contributed by atoms with E-state index in [2.05, 4.69) is 57.6 Å². The number of thioether (sulfide) groups is 1. The van der Waals surface area contributed by atoms with Crippen LogP contribution in [0.5, 0.6) is 0 Å². The smallest absolute Gasteiger partial charge is 0.141 e. The zero-order valence-corrected chi connectivity index (χ0v) is 24.0. The molecule has 208 valence electrons. The molecule has 0 fully saturated rings. The van der Waals surface area contributed by atoms with E-state index in [9.17, 15) is 4.39 Å². The van der Waals surface area contributed by atoms with Crippen molar-refractivity contribution in [3.63, 3.8) is 0 Å². The second-order valence-electron chi connectivity index (χ2n) is 10.0. The van der Waals surface area contributed by atoms with E-state index in [1.165, 1.54) is 12.1 Å². The molecule has 0 saturated heterocycles. The summed E-state index contributed by atoms with van der Waals surface area (Å²) in [5.41, 5.74) is 4.53. The fourth-order valence-electron chi connectivity index (χ4n) is 5.04. The summed E-state index contributed by atoms with van der Waals surface area (Å²) in [6.45, 7) is 3.60. The first-order chi connectivity index (χ1) is 20.0. The molecule has 0 bridgehead atoms. The molecule has 41 heavy (non-hydrogen) atoms. The van der Waals surface area contributed by atoms with Crippen LogP contribution in [-0.2, 0) is 6.54 Å². The van der Waals surface area contributed by atoms with E-state index < -0.39 is 0 Å². The number of benzene rings is 3. The summed E-state index contributed by atoms with van der Waals surface area (Å²) >= 11 is 1.82. The number of halogens is 1. The van der Waals surface area contributed by atoms with E-state index in [0.29, 0.717) is 12.4 Å². The molecule has 1 N–H and O–H groups in total. The number of rotatable bonds is 10. The van der Waals surface area contributed by atoms with Crippen LogP contribution in [0.3, 0.4) is 0 Å². The lowest BCUT2D eigenvalue weighted by atomic mass is 10.1. The van der Waals surface area contributed by atoms with Gasteiger partial charge in [0.05, 0.1) is 29.8 Å². The van der Waals surface area contributed by atoms with Crippen LogP contribution in [0.25, 0.3) is 33.1 Å². The Balaban J connectivity index is 1.27. The topological polar surface area (TPSA) is 72.0 Å². The molecule has 0 radical (unpaired) electrons. The first-order valence-electron chi connectivity index (χ1n) is 13.5. The summed E-state index contributed by atoms with van der Waals surface area (Å²) in [6.07, 6.45) is 5.51. The number of furan rings is 1. The van der Waals surface area contributed by atoms with Gasteiger partial charge in [-0.2, -0.15) is 16.9 Å². The first-order valence-corrected chi connectivity index (χ1v) is 14.9. The predicted octanol–water partition coefficient (Wildman–Crippen LogP) is 7.53. The van der Waals surface area contributed by atoms with Gasteiger partial charge in [-0.25, -0.2) is 14.4 Å². The van der Waals surface area contributed by atoms with Crippen LogP contribution in [0, 0.1) is 5.82 Å². The molecule has 0 aliphatic rings. The SMILES string of the molecule is CCN(C)C(CSC)c1ccc(-c2ccc3ncnc(Nc4ccc5c(cnn5Cc5cccc(F)c5)c4)c3c2)o1. The van der Waals surface area contributed by atoms with E-state index in [-0.39, 0.29) is 11.9 Å². The maximum absolute atomic E-state index is 13.6. The maximum Gasteiger partial charge on any atom is 0.141 e. The Morgan fingerprint density at radius 1 is 1.05 bits per heavy atom. The molecule has 6 aromatic rings. The van der Waals surface area contributed by atoms with Crippen LogP contribution in [0.15, 0.2) is 89.7 Å². The van der Waals surface area contributed by atoms with Crippen LogP contribution in [0.1, 0.15) is 24.3 Å². The van der Waals surface area contributed by atoms with Gasteiger partial charge in [0.25, 0.3) is 0 Å². The zero-order chi connectivity index (χ0) is 28.3. The van der Waals surface area contributed by atoms with Gasteiger partial charge in [0.2, 0.25) is 0 Å². The molecule has 1 atom stereocenters. The molecule has 3 aromatic carbocycles. The maximum atomic E-state index is 13.6. The van der Waals surface area contributed by atoms with E-state index >= 15 is 0 Å². The summed E-state index contributed by atoms with van der Waals surface area (Å²) < 4.78 is 21.9. The molecule has 7 nitrogen and oxygen atoms in total. The van der Waals surface area contributed by atoms with Crippen molar-refractivity contribution in [2.45, 2.75) is 19.5 Å². The predicted molar refractivity (Wildman–Crippen MR) is 165 cm³/mol. The highest BCUT2D eigenvalue weighted by Gasteiger charge is 2.20.